The van der Waals surface area contributed by atoms with E-state index in [-0.39, 0.29) is 17.9 Å². The molecule has 82 valence electrons. The Labute approximate surface area is 84.6 Å². The van der Waals surface area contributed by atoms with Crippen molar-refractivity contribution in [1.82, 2.24) is 5.32 Å². The second kappa shape index (κ2) is 3.87. The summed E-state index contributed by atoms with van der Waals surface area (Å²) in [6, 6.07) is 0. The van der Waals surface area contributed by atoms with Gasteiger partial charge in [-0.1, -0.05) is 20.8 Å². The number of aliphatic hydroxyl groups excluding tert-OH is 1. The molecule has 4 nitrogen and oxygen atoms in total. The highest BCUT2D eigenvalue weighted by atomic mass is 16.5. The molecule has 1 rings (SSSR count). The molecule has 0 aromatic carbocycles. The van der Waals surface area contributed by atoms with Crippen LogP contribution in [0.3, 0.4) is 0 Å². The molecule has 14 heavy (non-hydrogen) atoms. The molecular formula is C10H19NO3. The van der Waals surface area contributed by atoms with E-state index in [9.17, 15) is 4.79 Å². The second-order valence-corrected chi connectivity index (χ2v) is 5.17. The molecule has 1 heterocycles. The van der Waals surface area contributed by atoms with Gasteiger partial charge in [-0.3, -0.25) is 4.79 Å². The van der Waals surface area contributed by atoms with Gasteiger partial charge in [0, 0.05) is 6.54 Å². The number of hydrogen-bond acceptors (Lipinski definition) is 3. The van der Waals surface area contributed by atoms with Gasteiger partial charge < -0.3 is 15.2 Å². The number of rotatable bonds is 3. The highest BCUT2D eigenvalue weighted by molar-refractivity contribution is 5.83. The van der Waals surface area contributed by atoms with Crippen LogP contribution in [-0.4, -0.2) is 37.4 Å². The average Bonchev–Trinajstić information content (AvgIpc) is 1.98. The summed E-state index contributed by atoms with van der Waals surface area (Å²) in [5.41, 5.74) is -0.609. The topological polar surface area (TPSA) is 58.6 Å². The molecule has 0 saturated carbocycles. The molecule has 0 atom stereocenters. The lowest BCUT2D eigenvalue weighted by molar-refractivity contribution is -0.170. The van der Waals surface area contributed by atoms with Gasteiger partial charge in [0.25, 0.3) is 0 Å². The van der Waals surface area contributed by atoms with Crippen molar-refractivity contribution in [2.45, 2.75) is 20.8 Å². The minimum absolute atomic E-state index is 0.0664. The minimum Gasteiger partial charge on any atom is -0.395 e. The van der Waals surface area contributed by atoms with E-state index in [4.69, 9.17) is 9.84 Å². The number of nitrogens with one attached hydrogen (secondary N) is 1. The molecule has 1 aliphatic rings. The van der Waals surface area contributed by atoms with Crippen LogP contribution >= 0.6 is 0 Å². The molecular weight excluding hydrogens is 182 g/mol. The quantitative estimate of drug-likeness (QED) is 0.683. The third-order valence-electron chi connectivity index (χ3n) is 2.32. The number of carbonyl (C=O) groups excluding carboxylic acids is 1. The minimum atomic E-state index is -0.675. The summed E-state index contributed by atoms with van der Waals surface area (Å²) in [7, 11) is 0. The Hall–Kier alpha value is -0.610. The molecule has 1 fully saturated rings. The summed E-state index contributed by atoms with van der Waals surface area (Å²) < 4.78 is 4.96. The monoisotopic (exact) mass is 201 g/mol. The number of hydrogen-bond donors (Lipinski definition) is 2. The number of aliphatic hydroxyl groups is 1. The molecule has 1 saturated heterocycles. The number of ether oxygens (including phenoxy) is 1. The Morgan fingerprint density at radius 2 is 2.07 bits per heavy atom. The van der Waals surface area contributed by atoms with Crippen LogP contribution in [0.4, 0.5) is 0 Å². The smallest absolute Gasteiger partial charge is 0.233 e. The molecule has 0 aromatic rings. The van der Waals surface area contributed by atoms with Gasteiger partial charge in [0.15, 0.2) is 0 Å². The van der Waals surface area contributed by atoms with Crippen LogP contribution < -0.4 is 5.32 Å². The largest absolute Gasteiger partial charge is 0.395 e. The molecule has 2 N–H and O–H groups in total. The van der Waals surface area contributed by atoms with Gasteiger partial charge in [-0.15, -0.1) is 0 Å². The van der Waals surface area contributed by atoms with Gasteiger partial charge in [-0.25, -0.2) is 0 Å². The fourth-order valence-corrected chi connectivity index (χ4v) is 1.18. The van der Waals surface area contributed by atoms with Crippen molar-refractivity contribution in [1.29, 1.82) is 0 Å². The van der Waals surface area contributed by atoms with Crippen molar-refractivity contribution in [3.8, 4) is 0 Å². The molecule has 4 heteroatoms. The van der Waals surface area contributed by atoms with Gasteiger partial charge >= 0.3 is 0 Å². The third kappa shape index (κ3) is 2.45. The van der Waals surface area contributed by atoms with Crippen molar-refractivity contribution >= 4 is 5.91 Å². The lowest BCUT2D eigenvalue weighted by Gasteiger charge is -2.38. The zero-order valence-corrected chi connectivity index (χ0v) is 9.09. The molecule has 0 radical (unpaired) electrons. The normalized spacial score (nSPS) is 20.0. The number of carbonyl (C=O) groups is 1. The zero-order valence-electron chi connectivity index (χ0n) is 9.09. The predicted molar refractivity (Wildman–Crippen MR) is 52.8 cm³/mol. The van der Waals surface area contributed by atoms with Crippen molar-refractivity contribution in [2.24, 2.45) is 10.8 Å². The fraction of sp³-hybridized carbons (Fsp3) is 0.900. The van der Waals surface area contributed by atoms with Crippen LogP contribution in [0.2, 0.25) is 0 Å². The van der Waals surface area contributed by atoms with E-state index in [2.05, 4.69) is 26.1 Å². The fourth-order valence-electron chi connectivity index (χ4n) is 1.18. The highest BCUT2D eigenvalue weighted by Crippen LogP contribution is 2.27. The standard InChI is InChI=1S/C10H19NO3/c1-9(2,3)4-11-8(13)10(5-12)6-14-7-10/h12H,4-7H2,1-3H3,(H,11,13). The first-order chi connectivity index (χ1) is 6.40. The average molecular weight is 201 g/mol. The van der Waals surface area contributed by atoms with E-state index in [1.807, 2.05) is 0 Å². The predicted octanol–water partition coefficient (Wildman–Crippen LogP) is 0.158. The van der Waals surface area contributed by atoms with E-state index < -0.39 is 5.41 Å². The van der Waals surface area contributed by atoms with E-state index >= 15 is 0 Å². The van der Waals surface area contributed by atoms with E-state index in [1.165, 1.54) is 0 Å². The summed E-state index contributed by atoms with van der Waals surface area (Å²) >= 11 is 0. The summed E-state index contributed by atoms with van der Waals surface area (Å²) in [5.74, 6) is -0.0961. The van der Waals surface area contributed by atoms with Gasteiger partial charge in [0.2, 0.25) is 5.91 Å². The van der Waals surface area contributed by atoms with Gasteiger partial charge in [-0.2, -0.15) is 0 Å². The first-order valence-corrected chi connectivity index (χ1v) is 4.87. The lowest BCUT2D eigenvalue weighted by atomic mass is 9.85. The number of amides is 1. The summed E-state index contributed by atoms with van der Waals surface area (Å²) in [4.78, 5) is 11.7. The van der Waals surface area contributed by atoms with Crippen LogP contribution in [0.5, 0.6) is 0 Å². The Bertz CT molecular complexity index is 210. The van der Waals surface area contributed by atoms with E-state index in [0.29, 0.717) is 19.8 Å². The second-order valence-electron chi connectivity index (χ2n) is 5.17. The maximum Gasteiger partial charge on any atom is 0.233 e. The van der Waals surface area contributed by atoms with Crippen LogP contribution in [0.1, 0.15) is 20.8 Å². The van der Waals surface area contributed by atoms with Crippen molar-refractivity contribution < 1.29 is 14.6 Å². The Morgan fingerprint density at radius 3 is 2.36 bits per heavy atom. The molecule has 0 spiro atoms. The van der Waals surface area contributed by atoms with Gasteiger partial charge in [-0.05, 0) is 5.41 Å². The summed E-state index contributed by atoms with van der Waals surface area (Å²) in [5, 5.41) is 11.9. The van der Waals surface area contributed by atoms with E-state index in [0.717, 1.165) is 0 Å². The maximum absolute atomic E-state index is 11.7. The van der Waals surface area contributed by atoms with E-state index in [1.54, 1.807) is 0 Å². The van der Waals surface area contributed by atoms with Crippen LogP contribution in [0.25, 0.3) is 0 Å². The molecule has 0 bridgehead atoms. The third-order valence-corrected chi connectivity index (χ3v) is 2.32. The van der Waals surface area contributed by atoms with Crippen molar-refractivity contribution in [2.75, 3.05) is 26.4 Å². The summed E-state index contributed by atoms with van der Waals surface area (Å²) in [6.07, 6.45) is 0. The maximum atomic E-state index is 11.7. The zero-order chi connectivity index (χ0) is 10.8. The van der Waals surface area contributed by atoms with Crippen LogP contribution in [-0.2, 0) is 9.53 Å². The molecule has 1 aliphatic heterocycles. The first-order valence-electron chi connectivity index (χ1n) is 4.87. The lowest BCUT2D eigenvalue weighted by Crippen LogP contribution is -2.57. The molecule has 0 unspecified atom stereocenters. The van der Waals surface area contributed by atoms with Gasteiger partial charge in [0.1, 0.15) is 5.41 Å². The molecule has 0 aliphatic carbocycles. The van der Waals surface area contributed by atoms with Crippen molar-refractivity contribution in [3.63, 3.8) is 0 Å². The Balaban J connectivity index is 2.42. The summed E-state index contributed by atoms with van der Waals surface area (Å²) in [6.45, 7) is 7.30. The van der Waals surface area contributed by atoms with Crippen LogP contribution in [0, 0.1) is 10.8 Å². The molecule has 1 amide bonds. The Morgan fingerprint density at radius 1 is 1.50 bits per heavy atom. The van der Waals surface area contributed by atoms with Crippen molar-refractivity contribution in [3.05, 3.63) is 0 Å². The van der Waals surface area contributed by atoms with Crippen LogP contribution in [0.15, 0.2) is 0 Å². The SMILES string of the molecule is CC(C)(C)CNC(=O)C1(CO)COC1. The first kappa shape index (κ1) is 11.5. The molecule has 0 aromatic heterocycles. The highest BCUT2D eigenvalue weighted by Gasteiger charge is 2.45. The van der Waals surface area contributed by atoms with Gasteiger partial charge in [0.05, 0.1) is 19.8 Å². The Kier molecular flexibility index (Phi) is 3.17.